The van der Waals surface area contributed by atoms with Gasteiger partial charge in [0.1, 0.15) is 5.75 Å². The molecule has 0 bridgehead atoms. The Kier molecular flexibility index (Phi) is 8.54. The number of amides is 1. The van der Waals surface area contributed by atoms with Crippen LogP contribution >= 0.6 is 0 Å². The van der Waals surface area contributed by atoms with Crippen LogP contribution in [0.1, 0.15) is 46.8 Å². The van der Waals surface area contributed by atoms with Crippen LogP contribution < -0.4 is 15.4 Å². The topological polar surface area (TPSA) is 66.0 Å². The number of aryl methyl sites for hydroxylation is 1. The minimum absolute atomic E-state index is 0.0208. The second-order valence-electron chi connectivity index (χ2n) is 8.64. The molecule has 1 fully saturated rings. The number of hydrogen-bond acceptors (Lipinski definition) is 3. The molecular formula is C26H36N4O2. The fourth-order valence-electron chi connectivity index (χ4n) is 3.37. The molecule has 0 aliphatic heterocycles. The number of nitrogens with zero attached hydrogens (tertiary/aromatic N) is 2. The Morgan fingerprint density at radius 3 is 2.69 bits per heavy atom. The summed E-state index contributed by atoms with van der Waals surface area (Å²) in [6.45, 7) is 7.02. The highest BCUT2D eigenvalue weighted by Crippen LogP contribution is 2.31. The van der Waals surface area contributed by atoms with Gasteiger partial charge < -0.3 is 20.3 Å². The van der Waals surface area contributed by atoms with Gasteiger partial charge in [-0.15, -0.1) is 0 Å². The normalized spacial score (nSPS) is 13.6. The van der Waals surface area contributed by atoms with E-state index in [4.69, 9.17) is 9.73 Å². The second kappa shape index (κ2) is 11.6. The number of carbonyl (C=O) groups excluding carboxylic acids is 1. The summed E-state index contributed by atoms with van der Waals surface area (Å²) in [5, 5.41) is 6.72. The van der Waals surface area contributed by atoms with Gasteiger partial charge in [-0.05, 0) is 68.4 Å². The molecular weight excluding hydrogens is 400 g/mol. The average Bonchev–Trinajstić information content (AvgIpc) is 3.61. The van der Waals surface area contributed by atoms with Gasteiger partial charge in [-0.1, -0.05) is 24.3 Å². The number of guanidine groups is 1. The minimum Gasteiger partial charge on any atom is -0.493 e. The molecule has 2 N–H and O–H groups in total. The van der Waals surface area contributed by atoms with Gasteiger partial charge >= 0.3 is 0 Å². The van der Waals surface area contributed by atoms with E-state index in [0.717, 1.165) is 54.9 Å². The number of aliphatic imine (C=N–C) groups is 1. The summed E-state index contributed by atoms with van der Waals surface area (Å²) in [6.07, 6.45) is 3.36. The highest BCUT2D eigenvalue weighted by atomic mass is 16.5. The SMILES string of the molecule is CCNC(=NCc1ccc(C)cc1OCC1CC1)NCCc1cccc(C(=O)N(C)C)c1. The molecule has 6 heteroatoms. The van der Waals surface area contributed by atoms with Crippen LogP contribution in [0, 0.1) is 12.8 Å². The summed E-state index contributed by atoms with van der Waals surface area (Å²) in [4.78, 5) is 18.6. The van der Waals surface area contributed by atoms with E-state index in [1.165, 1.54) is 18.4 Å². The Bertz CT molecular complexity index is 935. The van der Waals surface area contributed by atoms with Crippen molar-refractivity contribution in [1.29, 1.82) is 0 Å². The first-order chi connectivity index (χ1) is 15.5. The van der Waals surface area contributed by atoms with Crippen LogP contribution in [-0.4, -0.2) is 50.6 Å². The molecule has 0 unspecified atom stereocenters. The molecule has 1 aliphatic carbocycles. The first-order valence-electron chi connectivity index (χ1n) is 11.5. The summed E-state index contributed by atoms with van der Waals surface area (Å²) >= 11 is 0. The summed E-state index contributed by atoms with van der Waals surface area (Å²) in [7, 11) is 3.54. The van der Waals surface area contributed by atoms with E-state index in [0.29, 0.717) is 12.1 Å². The molecule has 172 valence electrons. The van der Waals surface area contributed by atoms with E-state index in [-0.39, 0.29) is 5.91 Å². The Balaban J connectivity index is 1.58. The summed E-state index contributed by atoms with van der Waals surface area (Å²) in [6, 6.07) is 14.1. The fourth-order valence-corrected chi connectivity index (χ4v) is 3.37. The van der Waals surface area contributed by atoms with E-state index in [9.17, 15) is 4.79 Å². The molecule has 0 spiro atoms. The molecule has 0 heterocycles. The van der Waals surface area contributed by atoms with Gasteiger partial charge in [-0.25, -0.2) is 4.99 Å². The molecule has 6 nitrogen and oxygen atoms in total. The monoisotopic (exact) mass is 436 g/mol. The number of hydrogen-bond donors (Lipinski definition) is 2. The number of ether oxygens (including phenoxy) is 1. The zero-order valence-electron chi connectivity index (χ0n) is 19.8. The average molecular weight is 437 g/mol. The van der Waals surface area contributed by atoms with E-state index >= 15 is 0 Å². The Morgan fingerprint density at radius 1 is 1.16 bits per heavy atom. The number of nitrogens with one attached hydrogen (secondary N) is 2. The number of benzene rings is 2. The molecule has 1 aliphatic rings. The number of rotatable bonds is 10. The van der Waals surface area contributed by atoms with Gasteiger partial charge in [0.15, 0.2) is 5.96 Å². The molecule has 32 heavy (non-hydrogen) atoms. The molecule has 0 atom stereocenters. The zero-order chi connectivity index (χ0) is 22.9. The third-order valence-electron chi connectivity index (χ3n) is 5.43. The summed E-state index contributed by atoms with van der Waals surface area (Å²) in [5.74, 6) is 2.46. The van der Waals surface area contributed by atoms with Crippen molar-refractivity contribution in [2.75, 3.05) is 33.8 Å². The van der Waals surface area contributed by atoms with Crippen molar-refractivity contribution in [2.45, 2.75) is 39.7 Å². The van der Waals surface area contributed by atoms with Crippen LogP contribution in [0.3, 0.4) is 0 Å². The van der Waals surface area contributed by atoms with Gasteiger partial charge in [-0.3, -0.25) is 4.79 Å². The van der Waals surface area contributed by atoms with Crippen LogP contribution in [0.25, 0.3) is 0 Å². The van der Waals surface area contributed by atoms with Gasteiger partial charge in [0, 0.05) is 38.3 Å². The van der Waals surface area contributed by atoms with E-state index in [2.05, 4.69) is 42.7 Å². The van der Waals surface area contributed by atoms with Gasteiger partial charge in [0.25, 0.3) is 5.91 Å². The predicted molar refractivity (Wildman–Crippen MR) is 130 cm³/mol. The van der Waals surface area contributed by atoms with Crippen molar-refractivity contribution < 1.29 is 9.53 Å². The molecule has 2 aromatic rings. The molecule has 0 aromatic heterocycles. The maximum Gasteiger partial charge on any atom is 0.253 e. The van der Waals surface area contributed by atoms with E-state index in [1.54, 1.807) is 19.0 Å². The lowest BCUT2D eigenvalue weighted by Crippen LogP contribution is -2.38. The summed E-state index contributed by atoms with van der Waals surface area (Å²) in [5.41, 5.74) is 4.13. The Morgan fingerprint density at radius 2 is 1.97 bits per heavy atom. The fraction of sp³-hybridized carbons (Fsp3) is 0.462. The first kappa shape index (κ1) is 23.6. The minimum atomic E-state index is 0.0208. The standard InChI is InChI=1S/C26H36N4O2/c1-5-27-26(28-14-13-20-7-6-8-22(16-20)25(31)30(3)4)29-17-23-12-9-19(2)15-24(23)32-18-21-10-11-21/h6-9,12,15-16,21H,5,10-11,13-14,17-18H2,1-4H3,(H2,27,28,29). The lowest BCUT2D eigenvalue weighted by Gasteiger charge is -2.14. The predicted octanol–water partition coefficient (Wildman–Crippen LogP) is 3.78. The lowest BCUT2D eigenvalue weighted by atomic mass is 10.1. The summed E-state index contributed by atoms with van der Waals surface area (Å²) < 4.78 is 6.08. The van der Waals surface area contributed by atoms with Crippen LogP contribution in [0.2, 0.25) is 0 Å². The molecule has 1 saturated carbocycles. The van der Waals surface area contributed by atoms with E-state index < -0.39 is 0 Å². The maximum absolute atomic E-state index is 12.2. The second-order valence-corrected chi connectivity index (χ2v) is 8.64. The maximum atomic E-state index is 12.2. The first-order valence-corrected chi connectivity index (χ1v) is 11.5. The van der Waals surface area contributed by atoms with Crippen molar-refractivity contribution in [3.8, 4) is 5.75 Å². The molecule has 3 rings (SSSR count). The smallest absolute Gasteiger partial charge is 0.253 e. The van der Waals surface area contributed by atoms with Crippen molar-refractivity contribution in [3.05, 3.63) is 64.7 Å². The van der Waals surface area contributed by atoms with Gasteiger partial charge in [-0.2, -0.15) is 0 Å². The highest BCUT2D eigenvalue weighted by molar-refractivity contribution is 5.94. The highest BCUT2D eigenvalue weighted by Gasteiger charge is 2.22. The van der Waals surface area contributed by atoms with Gasteiger partial charge in [0.05, 0.1) is 13.2 Å². The van der Waals surface area contributed by atoms with Crippen molar-refractivity contribution >= 4 is 11.9 Å². The molecule has 0 radical (unpaired) electrons. The van der Waals surface area contributed by atoms with Crippen LogP contribution in [0.5, 0.6) is 5.75 Å². The quantitative estimate of drug-likeness (QED) is 0.439. The Labute approximate surface area is 192 Å². The van der Waals surface area contributed by atoms with Crippen molar-refractivity contribution in [3.63, 3.8) is 0 Å². The van der Waals surface area contributed by atoms with Crippen LogP contribution in [0.4, 0.5) is 0 Å². The third-order valence-corrected chi connectivity index (χ3v) is 5.43. The van der Waals surface area contributed by atoms with Gasteiger partial charge in [0.2, 0.25) is 0 Å². The molecule has 1 amide bonds. The van der Waals surface area contributed by atoms with Crippen LogP contribution in [0.15, 0.2) is 47.5 Å². The lowest BCUT2D eigenvalue weighted by molar-refractivity contribution is 0.0827. The van der Waals surface area contributed by atoms with Crippen LogP contribution in [-0.2, 0) is 13.0 Å². The van der Waals surface area contributed by atoms with Crippen molar-refractivity contribution in [1.82, 2.24) is 15.5 Å². The number of carbonyl (C=O) groups is 1. The zero-order valence-corrected chi connectivity index (χ0v) is 19.8. The van der Waals surface area contributed by atoms with E-state index in [1.807, 2.05) is 24.3 Å². The molecule has 2 aromatic carbocycles. The van der Waals surface area contributed by atoms with Crippen molar-refractivity contribution in [2.24, 2.45) is 10.9 Å². The largest absolute Gasteiger partial charge is 0.493 e. The molecule has 0 saturated heterocycles. The Hall–Kier alpha value is -3.02. The third kappa shape index (κ3) is 7.29.